The van der Waals surface area contributed by atoms with Crippen molar-refractivity contribution in [2.45, 2.75) is 12.5 Å². The molecule has 0 saturated carbocycles. The zero-order chi connectivity index (χ0) is 12.4. The molecule has 6 heteroatoms. The van der Waals surface area contributed by atoms with Crippen LogP contribution in [0.1, 0.15) is 6.42 Å². The Morgan fingerprint density at radius 3 is 3.11 bits per heavy atom. The van der Waals surface area contributed by atoms with Crippen LogP contribution in [0.4, 0.5) is 5.69 Å². The smallest absolute Gasteiger partial charge is 0.138 e. The Balaban J connectivity index is 1.93. The second-order valence-corrected chi connectivity index (χ2v) is 4.64. The van der Waals surface area contributed by atoms with Crippen LogP contribution in [0, 0.1) is 0 Å². The van der Waals surface area contributed by atoms with Gasteiger partial charge in [-0.15, -0.1) is 0 Å². The molecule has 5 nitrogen and oxygen atoms in total. The van der Waals surface area contributed by atoms with E-state index in [1.807, 2.05) is 18.2 Å². The zero-order valence-electron chi connectivity index (χ0n) is 9.71. The normalized spacial score (nSPS) is 19.1. The Bertz CT molecular complexity index is 523. The Morgan fingerprint density at radius 1 is 1.44 bits per heavy atom. The number of nitrogens with one attached hydrogen (secondary N) is 1. The molecular weight excluding hydrogens is 252 g/mol. The van der Waals surface area contributed by atoms with Crippen LogP contribution in [0.25, 0.3) is 5.69 Å². The second-order valence-electron chi connectivity index (χ2n) is 4.21. The second kappa shape index (κ2) is 4.96. The molecule has 1 atom stereocenters. The molecule has 0 spiro atoms. The van der Waals surface area contributed by atoms with Crippen LogP contribution in [0.3, 0.4) is 0 Å². The first kappa shape index (κ1) is 11.5. The number of ether oxygens (including phenoxy) is 1. The molecule has 0 radical (unpaired) electrons. The van der Waals surface area contributed by atoms with Gasteiger partial charge in [-0.1, -0.05) is 11.6 Å². The molecule has 1 aliphatic rings. The predicted octanol–water partition coefficient (Wildman–Crippen LogP) is 2.12. The van der Waals surface area contributed by atoms with Gasteiger partial charge in [0, 0.05) is 11.6 Å². The third-order valence-electron chi connectivity index (χ3n) is 2.91. The molecule has 1 aliphatic heterocycles. The van der Waals surface area contributed by atoms with Gasteiger partial charge in [0.1, 0.15) is 12.7 Å². The zero-order valence-corrected chi connectivity index (χ0v) is 10.5. The van der Waals surface area contributed by atoms with Crippen molar-refractivity contribution in [3.05, 3.63) is 35.9 Å². The van der Waals surface area contributed by atoms with Crippen molar-refractivity contribution in [1.29, 1.82) is 0 Å². The van der Waals surface area contributed by atoms with Crippen molar-refractivity contribution in [3.8, 4) is 5.69 Å². The molecule has 0 bridgehead atoms. The van der Waals surface area contributed by atoms with E-state index < -0.39 is 0 Å². The van der Waals surface area contributed by atoms with Gasteiger partial charge >= 0.3 is 0 Å². The molecule has 1 aromatic carbocycles. The molecule has 94 valence electrons. The maximum Gasteiger partial charge on any atom is 0.138 e. The van der Waals surface area contributed by atoms with Crippen LogP contribution >= 0.6 is 11.6 Å². The van der Waals surface area contributed by atoms with Crippen LogP contribution in [0.2, 0.25) is 5.02 Å². The number of hydrogen-bond donors (Lipinski definition) is 1. The highest BCUT2D eigenvalue weighted by molar-refractivity contribution is 6.31. The van der Waals surface area contributed by atoms with E-state index in [4.69, 9.17) is 16.3 Å². The van der Waals surface area contributed by atoms with Crippen molar-refractivity contribution in [3.63, 3.8) is 0 Å². The standard InChI is InChI=1S/C12H13ClN4O/c13-9-1-2-12(17-8-14-7-15-17)11(5-9)16-10-3-4-18-6-10/h1-2,5,7-8,10,16H,3-4,6H2. The molecule has 1 saturated heterocycles. The molecule has 18 heavy (non-hydrogen) atoms. The first-order valence-electron chi connectivity index (χ1n) is 5.82. The lowest BCUT2D eigenvalue weighted by atomic mass is 10.2. The summed E-state index contributed by atoms with van der Waals surface area (Å²) in [7, 11) is 0. The maximum atomic E-state index is 6.05. The fourth-order valence-electron chi connectivity index (χ4n) is 2.02. The highest BCUT2D eigenvalue weighted by Gasteiger charge is 2.17. The highest BCUT2D eigenvalue weighted by Crippen LogP contribution is 2.25. The van der Waals surface area contributed by atoms with Gasteiger partial charge in [0.2, 0.25) is 0 Å². The topological polar surface area (TPSA) is 52.0 Å². The third-order valence-corrected chi connectivity index (χ3v) is 3.15. The van der Waals surface area contributed by atoms with Gasteiger partial charge in [-0.25, -0.2) is 9.67 Å². The van der Waals surface area contributed by atoms with Crippen molar-refractivity contribution in [2.75, 3.05) is 18.5 Å². The first-order chi connectivity index (χ1) is 8.83. The van der Waals surface area contributed by atoms with E-state index in [2.05, 4.69) is 15.4 Å². The lowest BCUT2D eigenvalue weighted by Crippen LogP contribution is -2.20. The summed E-state index contributed by atoms with van der Waals surface area (Å²) < 4.78 is 7.08. The van der Waals surface area contributed by atoms with E-state index in [1.165, 1.54) is 6.33 Å². The number of anilines is 1. The summed E-state index contributed by atoms with van der Waals surface area (Å²) in [5.74, 6) is 0. The number of hydrogen-bond acceptors (Lipinski definition) is 4. The van der Waals surface area contributed by atoms with Gasteiger partial charge < -0.3 is 10.1 Å². The first-order valence-corrected chi connectivity index (χ1v) is 6.19. The van der Waals surface area contributed by atoms with Crippen LogP contribution < -0.4 is 5.32 Å². The highest BCUT2D eigenvalue weighted by atomic mass is 35.5. The lowest BCUT2D eigenvalue weighted by molar-refractivity contribution is 0.195. The molecule has 1 aromatic heterocycles. The summed E-state index contributed by atoms with van der Waals surface area (Å²) in [6.07, 6.45) is 4.18. The number of benzene rings is 1. The molecule has 1 unspecified atom stereocenters. The lowest BCUT2D eigenvalue weighted by Gasteiger charge is -2.16. The van der Waals surface area contributed by atoms with Crippen molar-refractivity contribution in [1.82, 2.24) is 14.8 Å². The fraction of sp³-hybridized carbons (Fsp3) is 0.333. The van der Waals surface area contributed by atoms with Crippen molar-refractivity contribution in [2.24, 2.45) is 0 Å². The van der Waals surface area contributed by atoms with E-state index >= 15 is 0 Å². The number of nitrogens with zero attached hydrogens (tertiary/aromatic N) is 3. The summed E-state index contributed by atoms with van der Waals surface area (Å²) in [5.41, 5.74) is 1.88. The Kier molecular flexibility index (Phi) is 3.17. The Labute approximate surface area is 110 Å². The molecule has 1 fully saturated rings. The molecule has 2 heterocycles. The van der Waals surface area contributed by atoms with E-state index in [-0.39, 0.29) is 0 Å². The summed E-state index contributed by atoms with van der Waals surface area (Å²) in [6.45, 7) is 1.53. The summed E-state index contributed by atoms with van der Waals surface area (Å²) >= 11 is 6.05. The molecular formula is C12H13ClN4O. The summed E-state index contributed by atoms with van der Waals surface area (Å²) in [5, 5.41) is 8.28. The van der Waals surface area contributed by atoms with Crippen molar-refractivity contribution >= 4 is 17.3 Å². The third kappa shape index (κ3) is 2.32. The predicted molar refractivity (Wildman–Crippen MR) is 69.2 cm³/mol. The van der Waals surface area contributed by atoms with E-state index in [9.17, 15) is 0 Å². The molecule has 3 rings (SSSR count). The Hall–Kier alpha value is -1.59. The van der Waals surface area contributed by atoms with Gasteiger partial charge in [0.15, 0.2) is 0 Å². The maximum absolute atomic E-state index is 6.05. The van der Waals surface area contributed by atoms with Gasteiger partial charge in [-0.3, -0.25) is 0 Å². The van der Waals surface area contributed by atoms with E-state index in [1.54, 1.807) is 11.0 Å². The largest absolute Gasteiger partial charge is 0.379 e. The summed E-state index contributed by atoms with van der Waals surface area (Å²) in [4.78, 5) is 3.96. The molecule has 2 aromatic rings. The van der Waals surface area contributed by atoms with Crippen LogP contribution in [0.15, 0.2) is 30.9 Å². The van der Waals surface area contributed by atoms with Crippen LogP contribution in [-0.4, -0.2) is 34.0 Å². The molecule has 0 aliphatic carbocycles. The molecule has 0 amide bonds. The van der Waals surface area contributed by atoms with E-state index in [0.29, 0.717) is 11.1 Å². The minimum absolute atomic E-state index is 0.325. The monoisotopic (exact) mass is 264 g/mol. The number of aromatic nitrogens is 3. The van der Waals surface area contributed by atoms with E-state index in [0.717, 1.165) is 31.0 Å². The average molecular weight is 265 g/mol. The number of halogens is 1. The number of rotatable bonds is 3. The minimum atomic E-state index is 0.325. The SMILES string of the molecule is Clc1ccc(-n2cncn2)c(NC2CCOC2)c1. The summed E-state index contributed by atoms with van der Waals surface area (Å²) in [6, 6.07) is 5.99. The van der Waals surface area contributed by atoms with Crippen LogP contribution in [0.5, 0.6) is 0 Å². The van der Waals surface area contributed by atoms with Gasteiger partial charge in [-0.2, -0.15) is 5.10 Å². The van der Waals surface area contributed by atoms with Crippen molar-refractivity contribution < 1.29 is 4.74 Å². The molecule has 1 N–H and O–H groups in total. The quantitative estimate of drug-likeness (QED) is 0.923. The minimum Gasteiger partial charge on any atom is -0.379 e. The Morgan fingerprint density at radius 2 is 2.39 bits per heavy atom. The van der Waals surface area contributed by atoms with Gasteiger partial charge in [0.25, 0.3) is 0 Å². The van der Waals surface area contributed by atoms with Gasteiger partial charge in [-0.05, 0) is 24.6 Å². The fourth-order valence-corrected chi connectivity index (χ4v) is 2.20. The van der Waals surface area contributed by atoms with Gasteiger partial charge in [0.05, 0.1) is 24.0 Å². The average Bonchev–Trinajstić information content (AvgIpc) is 3.01. The van der Waals surface area contributed by atoms with Crippen LogP contribution in [-0.2, 0) is 4.74 Å².